The Hall–Kier alpha value is -3.47. The molecule has 24 heavy (non-hydrogen) atoms. The molecule has 2 rings (SSSR count). The molecule has 0 heterocycles. The van der Waals surface area contributed by atoms with E-state index in [1.54, 1.807) is 0 Å². The molecule has 2 aromatic carbocycles. The summed E-state index contributed by atoms with van der Waals surface area (Å²) in [6.45, 7) is 0. The summed E-state index contributed by atoms with van der Waals surface area (Å²) in [4.78, 5) is 29.9. The van der Waals surface area contributed by atoms with E-state index < -0.39 is 42.6 Å². The Labute approximate surface area is 137 Å². The van der Waals surface area contributed by atoms with Gasteiger partial charge >= 0.3 is 17.1 Å². The zero-order valence-electron chi connectivity index (χ0n) is 11.4. The van der Waals surface area contributed by atoms with Crippen LogP contribution in [0, 0.1) is 30.3 Å². The van der Waals surface area contributed by atoms with Gasteiger partial charge in [-0.25, -0.2) is 0 Å². The van der Waals surface area contributed by atoms with Crippen molar-refractivity contribution in [1.82, 2.24) is 0 Å². The second-order valence-electron chi connectivity index (χ2n) is 4.27. The molecule has 0 atom stereocenters. The summed E-state index contributed by atoms with van der Waals surface area (Å²) in [5, 5.41) is 41.5. The van der Waals surface area contributed by atoms with Gasteiger partial charge in [-0.1, -0.05) is 11.6 Å². The fourth-order valence-electron chi connectivity index (χ4n) is 1.76. The number of nitro benzene ring substituents is 3. The lowest BCUT2D eigenvalue weighted by Crippen LogP contribution is -2.02. The Morgan fingerprint density at radius 3 is 1.92 bits per heavy atom. The summed E-state index contributed by atoms with van der Waals surface area (Å²) in [6, 6.07) is 5.22. The molecule has 0 saturated carbocycles. The van der Waals surface area contributed by atoms with E-state index in [9.17, 15) is 35.4 Å². The third kappa shape index (κ3) is 3.15. The lowest BCUT2D eigenvalue weighted by Gasteiger charge is -2.08. The molecule has 12 heteroatoms. The van der Waals surface area contributed by atoms with Crippen molar-refractivity contribution >= 4 is 28.7 Å². The van der Waals surface area contributed by atoms with Crippen LogP contribution in [0.25, 0.3) is 0 Å². The van der Waals surface area contributed by atoms with Crippen LogP contribution < -0.4 is 4.74 Å². The Balaban J connectivity index is 2.73. The van der Waals surface area contributed by atoms with Crippen molar-refractivity contribution < 1.29 is 24.6 Å². The van der Waals surface area contributed by atoms with E-state index >= 15 is 0 Å². The Bertz CT molecular complexity index is 852. The molecule has 2 aromatic rings. The van der Waals surface area contributed by atoms with Crippen LogP contribution in [0.1, 0.15) is 0 Å². The summed E-state index contributed by atoms with van der Waals surface area (Å²) >= 11 is 5.65. The topological polar surface area (TPSA) is 159 Å². The van der Waals surface area contributed by atoms with Crippen LogP contribution in [-0.2, 0) is 0 Å². The number of aromatic hydroxyl groups is 1. The molecule has 11 nitrogen and oxygen atoms in total. The van der Waals surface area contributed by atoms with Gasteiger partial charge in [0.25, 0.3) is 5.75 Å². The van der Waals surface area contributed by atoms with Crippen LogP contribution in [0.5, 0.6) is 17.2 Å². The van der Waals surface area contributed by atoms with E-state index in [2.05, 4.69) is 0 Å². The Morgan fingerprint density at radius 1 is 0.917 bits per heavy atom. The quantitative estimate of drug-likeness (QED) is 0.629. The van der Waals surface area contributed by atoms with E-state index in [1.807, 2.05) is 0 Å². The molecule has 0 aromatic heterocycles. The molecule has 0 aliphatic rings. The lowest BCUT2D eigenvalue weighted by atomic mass is 10.2. The van der Waals surface area contributed by atoms with E-state index in [4.69, 9.17) is 16.3 Å². The lowest BCUT2D eigenvalue weighted by molar-refractivity contribution is -0.404. The second kappa shape index (κ2) is 6.34. The van der Waals surface area contributed by atoms with Crippen molar-refractivity contribution in [2.24, 2.45) is 0 Å². The first kappa shape index (κ1) is 16.9. The van der Waals surface area contributed by atoms with Gasteiger partial charge in [0.15, 0.2) is 0 Å². The smallest absolute Gasteiger partial charge is 0.344 e. The first-order valence-electron chi connectivity index (χ1n) is 5.99. The van der Waals surface area contributed by atoms with Crippen molar-refractivity contribution in [3.63, 3.8) is 0 Å². The van der Waals surface area contributed by atoms with Gasteiger partial charge in [0.1, 0.15) is 11.5 Å². The molecule has 0 amide bonds. The molecule has 0 unspecified atom stereocenters. The molecule has 0 bridgehead atoms. The van der Waals surface area contributed by atoms with Gasteiger partial charge in [-0.15, -0.1) is 0 Å². The normalized spacial score (nSPS) is 10.2. The maximum atomic E-state index is 11.2. The van der Waals surface area contributed by atoms with E-state index in [1.165, 1.54) is 24.3 Å². The van der Waals surface area contributed by atoms with Crippen molar-refractivity contribution in [2.75, 3.05) is 0 Å². The van der Waals surface area contributed by atoms with Crippen molar-refractivity contribution in [2.45, 2.75) is 0 Å². The van der Waals surface area contributed by atoms with Crippen LogP contribution in [0.15, 0.2) is 30.3 Å². The van der Waals surface area contributed by atoms with Crippen molar-refractivity contribution in [3.05, 3.63) is 65.7 Å². The SMILES string of the molecule is O=[N+]([O-])c1cc([N+](=O)[O-])c(Oc2ccc(O)cc2)c([N+](=O)[O-])c1Cl. The van der Waals surface area contributed by atoms with Crippen molar-refractivity contribution in [1.29, 1.82) is 0 Å². The molecule has 0 aliphatic heterocycles. The van der Waals surface area contributed by atoms with E-state index in [-0.39, 0.29) is 11.5 Å². The van der Waals surface area contributed by atoms with Crippen molar-refractivity contribution in [3.8, 4) is 17.2 Å². The second-order valence-corrected chi connectivity index (χ2v) is 4.65. The zero-order chi connectivity index (χ0) is 18.0. The highest BCUT2D eigenvalue weighted by Crippen LogP contribution is 2.48. The maximum absolute atomic E-state index is 11.2. The molecule has 0 radical (unpaired) electrons. The molecular weight excluding hydrogens is 350 g/mol. The van der Waals surface area contributed by atoms with Gasteiger partial charge < -0.3 is 9.84 Å². The van der Waals surface area contributed by atoms with Crippen LogP contribution in [-0.4, -0.2) is 19.9 Å². The summed E-state index contributed by atoms with van der Waals surface area (Å²) in [5.41, 5.74) is -3.09. The highest BCUT2D eigenvalue weighted by atomic mass is 35.5. The molecule has 0 saturated heterocycles. The number of ether oxygens (including phenoxy) is 1. The number of hydrogen-bond acceptors (Lipinski definition) is 8. The summed E-state index contributed by atoms with van der Waals surface area (Å²) in [5.74, 6) is -1.07. The number of nitro groups is 3. The fourth-order valence-corrected chi connectivity index (χ4v) is 2.04. The molecule has 0 spiro atoms. The first-order valence-corrected chi connectivity index (χ1v) is 6.36. The van der Waals surface area contributed by atoms with Crippen LogP contribution >= 0.6 is 11.6 Å². The molecule has 0 fully saturated rings. The number of phenols is 1. The Kier molecular flexibility index (Phi) is 4.46. The number of halogens is 1. The summed E-state index contributed by atoms with van der Waals surface area (Å²) in [6.07, 6.45) is 0. The number of nitrogens with zero attached hydrogens (tertiary/aromatic N) is 3. The first-order chi connectivity index (χ1) is 11.2. The average molecular weight is 356 g/mol. The molecule has 1 N–H and O–H groups in total. The standard InChI is InChI=1S/C12H6ClN3O8/c13-10-8(14(18)19)5-9(15(20)21)12(11(10)16(22)23)24-7-3-1-6(17)2-4-7/h1-5,17H. The number of benzene rings is 2. The van der Waals surface area contributed by atoms with Gasteiger partial charge in [0.2, 0.25) is 5.02 Å². The monoisotopic (exact) mass is 355 g/mol. The highest BCUT2D eigenvalue weighted by Gasteiger charge is 2.38. The third-order valence-corrected chi connectivity index (χ3v) is 3.16. The van der Waals surface area contributed by atoms with Gasteiger partial charge in [0.05, 0.1) is 20.8 Å². The highest BCUT2D eigenvalue weighted by molar-refractivity contribution is 6.35. The zero-order valence-corrected chi connectivity index (χ0v) is 12.2. The largest absolute Gasteiger partial charge is 0.508 e. The average Bonchev–Trinajstić information content (AvgIpc) is 2.48. The van der Waals surface area contributed by atoms with Crippen LogP contribution in [0.2, 0.25) is 5.02 Å². The van der Waals surface area contributed by atoms with E-state index in [0.29, 0.717) is 6.07 Å². The van der Waals surface area contributed by atoms with Gasteiger partial charge in [-0.3, -0.25) is 30.3 Å². The molecule has 124 valence electrons. The minimum Gasteiger partial charge on any atom is -0.508 e. The van der Waals surface area contributed by atoms with Crippen LogP contribution in [0.4, 0.5) is 17.1 Å². The number of hydrogen-bond donors (Lipinski definition) is 1. The van der Waals surface area contributed by atoms with Crippen LogP contribution in [0.3, 0.4) is 0 Å². The number of phenolic OH excluding ortho intramolecular Hbond substituents is 1. The van der Waals surface area contributed by atoms with Gasteiger partial charge in [-0.2, -0.15) is 0 Å². The summed E-state index contributed by atoms with van der Waals surface area (Å²) < 4.78 is 5.13. The fraction of sp³-hybridized carbons (Fsp3) is 0. The predicted molar refractivity (Wildman–Crippen MR) is 79.6 cm³/mol. The Morgan fingerprint density at radius 2 is 1.46 bits per heavy atom. The third-order valence-electron chi connectivity index (χ3n) is 2.79. The van der Waals surface area contributed by atoms with Gasteiger partial charge in [0, 0.05) is 0 Å². The minimum absolute atomic E-state index is 0.0797. The number of rotatable bonds is 5. The molecule has 0 aliphatic carbocycles. The maximum Gasteiger partial charge on any atom is 0.344 e. The molecular formula is C12H6ClN3O8. The van der Waals surface area contributed by atoms with E-state index in [0.717, 1.165) is 0 Å². The minimum atomic E-state index is -1.11. The van der Waals surface area contributed by atoms with Gasteiger partial charge in [-0.05, 0) is 24.3 Å². The predicted octanol–water partition coefficient (Wildman–Crippen LogP) is 3.56. The summed E-state index contributed by atoms with van der Waals surface area (Å²) in [7, 11) is 0.